The molecule has 2 rings (SSSR count). The van der Waals surface area contributed by atoms with Gasteiger partial charge in [0.2, 0.25) is 0 Å². The van der Waals surface area contributed by atoms with E-state index in [1.807, 2.05) is 23.5 Å². The van der Waals surface area contributed by atoms with Gasteiger partial charge in [0, 0.05) is 9.79 Å². The lowest BCUT2D eigenvalue weighted by molar-refractivity contribution is 1.42. The number of rotatable bonds is 7. The van der Waals surface area contributed by atoms with Crippen molar-refractivity contribution in [3.8, 4) is 0 Å². The van der Waals surface area contributed by atoms with Gasteiger partial charge < -0.3 is 0 Å². The fraction of sp³-hybridized carbons (Fsp3) is 0.200. The molecule has 0 aromatic heterocycles. The monoisotopic (exact) mass is 326 g/mol. The van der Waals surface area contributed by atoms with Crippen LogP contribution in [0.3, 0.4) is 0 Å². The predicted molar refractivity (Wildman–Crippen MR) is 104 cm³/mol. The second-order valence-electron chi connectivity index (χ2n) is 4.72. The van der Waals surface area contributed by atoms with E-state index in [4.69, 9.17) is 0 Å². The van der Waals surface area contributed by atoms with Gasteiger partial charge in [-0.3, -0.25) is 0 Å². The number of benzene rings is 2. The van der Waals surface area contributed by atoms with Gasteiger partial charge in [-0.15, -0.1) is 23.5 Å². The highest BCUT2D eigenvalue weighted by Gasteiger charge is 1.92. The zero-order valence-electron chi connectivity index (χ0n) is 13.2. The van der Waals surface area contributed by atoms with Gasteiger partial charge in [-0.2, -0.15) is 0 Å². The molecule has 114 valence electrons. The highest BCUT2D eigenvalue weighted by atomic mass is 32.2. The van der Waals surface area contributed by atoms with Crippen molar-refractivity contribution in [2.24, 2.45) is 0 Å². The lowest BCUT2D eigenvalue weighted by Crippen LogP contribution is -1.75. The Balaban J connectivity index is 1.90. The average Bonchev–Trinajstić information content (AvgIpc) is 2.55. The molecular formula is C20H22S2. The van der Waals surface area contributed by atoms with Gasteiger partial charge in [-0.1, -0.05) is 62.4 Å². The van der Waals surface area contributed by atoms with E-state index >= 15 is 0 Å². The fourth-order valence-corrected chi connectivity index (χ4v) is 3.34. The summed E-state index contributed by atoms with van der Waals surface area (Å²) in [5.74, 6) is 2.24. The Morgan fingerprint density at radius 2 is 1.00 bits per heavy atom. The number of allylic oxidation sites excluding steroid dienone is 2. The first-order valence-electron chi connectivity index (χ1n) is 7.62. The number of thioether (sulfide) groups is 2. The molecule has 2 aromatic rings. The van der Waals surface area contributed by atoms with E-state index in [0.29, 0.717) is 0 Å². The first-order chi connectivity index (χ1) is 10.8. The summed E-state index contributed by atoms with van der Waals surface area (Å²) in [5.41, 5.74) is 2.47. The van der Waals surface area contributed by atoms with E-state index in [0.717, 1.165) is 11.5 Å². The normalized spacial score (nSPS) is 11.5. The van der Waals surface area contributed by atoms with Gasteiger partial charge in [0.25, 0.3) is 0 Å². The van der Waals surface area contributed by atoms with Crippen LogP contribution in [-0.2, 0) is 0 Å². The summed E-state index contributed by atoms with van der Waals surface area (Å²) < 4.78 is 0. The first-order valence-corrected chi connectivity index (χ1v) is 9.59. The molecule has 0 aliphatic heterocycles. The zero-order valence-corrected chi connectivity index (χ0v) is 14.8. The summed E-state index contributed by atoms with van der Waals surface area (Å²) >= 11 is 3.75. The molecule has 0 amide bonds. The summed E-state index contributed by atoms with van der Waals surface area (Å²) in [7, 11) is 0. The maximum absolute atomic E-state index is 2.18. The third-order valence-electron chi connectivity index (χ3n) is 3.07. The predicted octanol–water partition coefficient (Wildman–Crippen LogP) is 6.64. The summed E-state index contributed by atoms with van der Waals surface area (Å²) in [5, 5.41) is 0. The Morgan fingerprint density at radius 1 is 0.636 bits per heavy atom. The summed E-state index contributed by atoms with van der Waals surface area (Å²) in [6, 6.07) is 17.4. The lowest BCUT2D eigenvalue weighted by atomic mass is 10.2. The SMILES string of the molecule is CCSc1ccc(C=CC=Cc2ccc(SCC)cc2)cc1. The average molecular weight is 327 g/mol. The van der Waals surface area contributed by atoms with Crippen LogP contribution in [0.2, 0.25) is 0 Å². The van der Waals surface area contributed by atoms with E-state index in [-0.39, 0.29) is 0 Å². The minimum atomic E-state index is 1.12. The van der Waals surface area contributed by atoms with Crippen molar-refractivity contribution in [3.63, 3.8) is 0 Å². The van der Waals surface area contributed by atoms with Crippen LogP contribution in [0.5, 0.6) is 0 Å². The minimum absolute atomic E-state index is 1.12. The first kappa shape index (κ1) is 17.0. The molecule has 0 fully saturated rings. The topological polar surface area (TPSA) is 0 Å². The second-order valence-corrected chi connectivity index (χ2v) is 7.40. The maximum Gasteiger partial charge on any atom is 0.00722 e. The van der Waals surface area contributed by atoms with Gasteiger partial charge in [-0.05, 0) is 46.9 Å². The summed E-state index contributed by atoms with van der Waals surface area (Å²) in [6.07, 6.45) is 8.46. The molecule has 0 saturated carbocycles. The molecule has 0 atom stereocenters. The van der Waals surface area contributed by atoms with Crippen molar-refractivity contribution in [1.82, 2.24) is 0 Å². The van der Waals surface area contributed by atoms with Gasteiger partial charge in [0.05, 0.1) is 0 Å². The van der Waals surface area contributed by atoms with Gasteiger partial charge in [0.15, 0.2) is 0 Å². The van der Waals surface area contributed by atoms with E-state index in [9.17, 15) is 0 Å². The smallest absolute Gasteiger partial charge is 0.00722 e. The highest BCUT2D eigenvalue weighted by molar-refractivity contribution is 7.99. The molecule has 0 N–H and O–H groups in total. The molecule has 0 nitrogen and oxygen atoms in total. The van der Waals surface area contributed by atoms with Gasteiger partial charge in [0.1, 0.15) is 0 Å². The Kier molecular flexibility index (Phi) is 7.41. The van der Waals surface area contributed by atoms with Crippen molar-refractivity contribution >= 4 is 35.7 Å². The highest BCUT2D eigenvalue weighted by Crippen LogP contribution is 2.19. The second kappa shape index (κ2) is 9.60. The van der Waals surface area contributed by atoms with Crippen molar-refractivity contribution in [2.75, 3.05) is 11.5 Å². The molecule has 0 saturated heterocycles. The minimum Gasteiger partial charge on any atom is -0.126 e. The van der Waals surface area contributed by atoms with Crippen molar-refractivity contribution in [3.05, 3.63) is 71.8 Å². The van der Waals surface area contributed by atoms with Crippen molar-refractivity contribution in [1.29, 1.82) is 0 Å². The quantitative estimate of drug-likeness (QED) is 0.413. The standard InChI is InChI=1S/C20H22S2/c1-3-21-19-13-9-17(10-14-19)7-5-6-8-18-11-15-20(16-12-18)22-4-2/h5-16H,3-4H2,1-2H3. The van der Waals surface area contributed by atoms with Crippen LogP contribution in [0, 0.1) is 0 Å². The number of hydrogen-bond acceptors (Lipinski definition) is 2. The van der Waals surface area contributed by atoms with E-state index in [1.165, 1.54) is 20.9 Å². The molecule has 0 aliphatic carbocycles. The van der Waals surface area contributed by atoms with Crippen LogP contribution in [0.1, 0.15) is 25.0 Å². The van der Waals surface area contributed by atoms with E-state index < -0.39 is 0 Å². The Bertz CT molecular complexity index is 550. The molecule has 0 spiro atoms. The third-order valence-corrected chi connectivity index (χ3v) is 4.86. The molecule has 0 unspecified atom stereocenters. The molecule has 2 aromatic carbocycles. The lowest BCUT2D eigenvalue weighted by Gasteiger charge is -1.99. The Hall–Kier alpha value is -1.38. The summed E-state index contributed by atoms with van der Waals surface area (Å²) in [4.78, 5) is 2.67. The maximum atomic E-state index is 2.18. The largest absolute Gasteiger partial charge is 0.126 e. The van der Waals surface area contributed by atoms with Gasteiger partial charge in [-0.25, -0.2) is 0 Å². The molecule has 0 radical (unpaired) electrons. The molecular weight excluding hydrogens is 304 g/mol. The van der Waals surface area contributed by atoms with Gasteiger partial charge >= 0.3 is 0 Å². The fourth-order valence-electron chi connectivity index (χ4n) is 2.02. The molecule has 0 heterocycles. The molecule has 22 heavy (non-hydrogen) atoms. The van der Waals surface area contributed by atoms with Crippen molar-refractivity contribution in [2.45, 2.75) is 23.6 Å². The van der Waals surface area contributed by atoms with Crippen molar-refractivity contribution < 1.29 is 0 Å². The molecule has 0 aliphatic rings. The van der Waals surface area contributed by atoms with Crippen LogP contribution in [0.25, 0.3) is 12.2 Å². The van der Waals surface area contributed by atoms with E-state index in [1.54, 1.807) is 0 Å². The zero-order chi connectivity index (χ0) is 15.6. The van der Waals surface area contributed by atoms with E-state index in [2.05, 4.69) is 86.7 Å². The summed E-state index contributed by atoms with van der Waals surface area (Å²) in [6.45, 7) is 4.35. The van der Waals surface area contributed by atoms with Crippen LogP contribution in [0.4, 0.5) is 0 Å². The molecule has 2 heteroatoms. The number of hydrogen-bond donors (Lipinski definition) is 0. The third kappa shape index (κ3) is 5.78. The molecule has 0 bridgehead atoms. The Labute approximate surface area is 142 Å². The van der Waals surface area contributed by atoms with Crippen LogP contribution in [0.15, 0.2) is 70.5 Å². The van der Waals surface area contributed by atoms with Crippen LogP contribution >= 0.6 is 23.5 Å². The van der Waals surface area contributed by atoms with Crippen LogP contribution in [-0.4, -0.2) is 11.5 Å². The van der Waals surface area contributed by atoms with Crippen LogP contribution < -0.4 is 0 Å². The Morgan fingerprint density at radius 3 is 1.32 bits per heavy atom.